The van der Waals surface area contributed by atoms with Gasteiger partial charge in [-0.3, -0.25) is 9.48 Å². The molecule has 24 heavy (non-hydrogen) atoms. The molecule has 0 saturated carbocycles. The van der Waals surface area contributed by atoms with Crippen LogP contribution in [0.1, 0.15) is 34.8 Å². The van der Waals surface area contributed by atoms with E-state index in [1.54, 1.807) is 0 Å². The van der Waals surface area contributed by atoms with Gasteiger partial charge < -0.3 is 14.4 Å². The molecule has 6 nitrogen and oxygen atoms in total. The lowest BCUT2D eigenvalue weighted by Crippen LogP contribution is -2.39. The summed E-state index contributed by atoms with van der Waals surface area (Å²) < 4.78 is 13.1. The lowest BCUT2D eigenvalue weighted by molar-refractivity contribution is 0.0695. The van der Waals surface area contributed by atoms with Crippen molar-refractivity contribution in [2.75, 3.05) is 26.3 Å². The highest BCUT2D eigenvalue weighted by Gasteiger charge is 2.29. The maximum Gasteiger partial charge on any atom is 0.257 e. The molecule has 0 unspecified atom stereocenters. The number of hydrogen-bond donors (Lipinski definition) is 0. The predicted molar refractivity (Wildman–Crippen MR) is 88.5 cm³/mol. The number of nitrogens with zero attached hydrogens (tertiary/aromatic N) is 3. The quantitative estimate of drug-likeness (QED) is 0.849. The van der Waals surface area contributed by atoms with Gasteiger partial charge in [-0.2, -0.15) is 5.10 Å². The molecule has 1 amide bonds. The van der Waals surface area contributed by atoms with Crippen LogP contribution in [0, 0.1) is 0 Å². The van der Waals surface area contributed by atoms with Crippen molar-refractivity contribution in [3.63, 3.8) is 0 Å². The third kappa shape index (κ3) is 2.72. The third-order valence-electron chi connectivity index (χ3n) is 4.66. The van der Waals surface area contributed by atoms with Crippen LogP contribution in [0.3, 0.4) is 0 Å². The molecule has 6 heteroatoms. The van der Waals surface area contributed by atoms with E-state index < -0.39 is 0 Å². The molecular weight excluding hydrogens is 306 g/mol. The van der Waals surface area contributed by atoms with Crippen molar-refractivity contribution >= 4 is 5.91 Å². The summed E-state index contributed by atoms with van der Waals surface area (Å²) in [6.45, 7) is 2.47. The Balaban J connectivity index is 1.56. The summed E-state index contributed by atoms with van der Waals surface area (Å²) in [4.78, 5) is 14.9. The highest BCUT2D eigenvalue weighted by molar-refractivity contribution is 5.98. The maximum atomic E-state index is 13.0. The van der Waals surface area contributed by atoms with Crippen molar-refractivity contribution < 1.29 is 14.3 Å². The second-order valence-electron chi connectivity index (χ2n) is 6.33. The second kappa shape index (κ2) is 6.19. The Morgan fingerprint density at radius 2 is 2.12 bits per heavy atom. The van der Waals surface area contributed by atoms with Crippen molar-refractivity contribution in [1.29, 1.82) is 0 Å². The Labute approximate surface area is 141 Å². The van der Waals surface area contributed by atoms with Crippen molar-refractivity contribution in [2.45, 2.75) is 18.8 Å². The fourth-order valence-corrected chi connectivity index (χ4v) is 3.47. The first-order valence-corrected chi connectivity index (χ1v) is 8.40. The molecule has 0 bridgehead atoms. The van der Waals surface area contributed by atoms with Crippen LogP contribution in [-0.2, 0) is 7.05 Å². The summed E-state index contributed by atoms with van der Waals surface area (Å²) >= 11 is 0. The van der Waals surface area contributed by atoms with Crippen molar-refractivity contribution in [1.82, 2.24) is 14.7 Å². The second-order valence-corrected chi connectivity index (χ2v) is 6.33. The van der Waals surface area contributed by atoms with Gasteiger partial charge in [0.05, 0.1) is 11.3 Å². The molecule has 1 fully saturated rings. The smallest absolute Gasteiger partial charge is 0.257 e. The molecule has 0 aliphatic carbocycles. The molecule has 126 valence electrons. The molecular formula is C18H21N3O3. The first kappa shape index (κ1) is 15.1. The van der Waals surface area contributed by atoms with Crippen LogP contribution in [-0.4, -0.2) is 46.9 Å². The number of aromatic nitrogens is 2. The van der Waals surface area contributed by atoms with Gasteiger partial charge in [0, 0.05) is 32.3 Å². The molecule has 1 aromatic carbocycles. The van der Waals surface area contributed by atoms with Crippen molar-refractivity contribution in [3.8, 4) is 11.5 Å². The Hall–Kier alpha value is -2.50. The van der Waals surface area contributed by atoms with Gasteiger partial charge in [0.1, 0.15) is 13.2 Å². The number of benzene rings is 1. The zero-order valence-corrected chi connectivity index (χ0v) is 13.8. The molecule has 0 spiro atoms. The van der Waals surface area contributed by atoms with Gasteiger partial charge in [0.2, 0.25) is 0 Å². The number of carbonyl (C=O) groups is 1. The van der Waals surface area contributed by atoms with Gasteiger partial charge in [0.25, 0.3) is 5.91 Å². The van der Waals surface area contributed by atoms with E-state index in [1.807, 2.05) is 47.1 Å². The molecule has 1 saturated heterocycles. The van der Waals surface area contributed by atoms with E-state index >= 15 is 0 Å². The number of rotatable bonds is 2. The number of likely N-dealkylation sites (tertiary alicyclic amines) is 1. The molecule has 0 N–H and O–H groups in total. The molecule has 4 rings (SSSR count). The first-order chi connectivity index (χ1) is 11.7. The Bertz CT molecular complexity index is 756. The van der Waals surface area contributed by atoms with Gasteiger partial charge in [-0.1, -0.05) is 6.07 Å². The lowest BCUT2D eigenvalue weighted by Gasteiger charge is -2.33. The van der Waals surface area contributed by atoms with Crippen LogP contribution in [0.4, 0.5) is 0 Å². The summed E-state index contributed by atoms with van der Waals surface area (Å²) in [6, 6.07) is 7.55. The molecule has 2 aliphatic rings. The van der Waals surface area contributed by atoms with Gasteiger partial charge in [-0.05, 0) is 31.0 Å². The van der Waals surface area contributed by atoms with E-state index in [1.165, 1.54) is 0 Å². The first-order valence-electron chi connectivity index (χ1n) is 8.40. The Morgan fingerprint density at radius 1 is 1.25 bits per heavy atom. The van der Waals surface area contributed by atoms with E-state index in [0.717, 1.165) is 25.1 Å². The Kier molecular flexibility index (Phi) is 3.88. The van der Waals surface area contributed by atoms with Crippen molar-refractivity contribution in [3.05, 3.63) is 41.7 Å². The van der Waals surface area contributed by atoms with E-state index in [-0.39, 0.29) is 5.91 Å². The molecule has 3 heterocycles. The highest BCUT2D eigenvalue weighted by atomic mass is 16.6. The van der Waals surface area contributed by atoms with E-state index in [4.69, 9.17) is 9.47 Å². The lowest BCUT2D eigenvalue weighted by atomic mass is 9.94. The molecule has 2 aliphatic heterocycles. The monoisotopic (exact) mass is 327 g/mol. The van der Waals surface area contributed by atoms with Gasteiger partial charge in [-0.25, -0.2) is 0 Å². The van der Waals surface area contributed by atoms with E-state index in [0.29, 0.717) is 42.7 Å². The molecule has 1 aromatic heterocycles. The van der Waals surface area contributed by atoms with Crippen LogP contribution in [0.15, 0.2) is 30.5 Å². The standard InChI is InChI=1S/C18H21N3O3/c1-20-9-7-15(19-20)13-4-3-8-21(12-13)18(22)14-5-2-6-16-17(14)24-11-10-23-16/h2,5-7,9,13H,3-4,8,10-12H2,1H3/t13-/m0/s1. The average molecular weight is 327 g/mol. The number of carbonyl (C=O) groups excluding carboxylic acids is 1. The maximum absolute atomic E-state index is 13.0. The minimum atomic E-state index is 0.0120. The summed E-state index contributed by atoms with van der Waals surface area (Å²) in [7, 11) is 1.92. The SMILES string of the molecule is Cn1ccc([C@H]2CCCN(C(=O)c3cccc4c3OCCO4)C2)n1. The minimum Gasteiger partial charge on any atom is -0.486 e. The average Bonchev–Trinajstić information content (AvgIpc) is 3.07. The van der Waals surface area contributed by atoms with Gasteiger partial charge >= 0.3 is 0 Å². The number of para-hydroxylation sites is 1. The Morgan fingerprint density at radius 3 is 2.96 bits per heavy atom. The molecule has 0 radical (unpaired) electrons. The van der Waals surface area contributed by atoms with E-state index in [2.05, 4.69) is 5.10 Å². The number of fused-ring (bicyclic) bond motifs is 1. The van der Waals surface area contributed by atoms with Crippen LogP contribution in [0.5, 0.6) is 11.5 Å². The van der Waals surface area contributed by atoms with Gasteiger partial charge in [0.15, 0.2) is 11.5 Å². The summed E-state index contributed by atoms with van der Waals surface area (Å²) in [6.07, 6.45) is 4.00. The molecule has 2 aromatic rings. The van der Waals surface area contributed by atoms with E-state index in [9.17, 15) is 4.79 Å². The highest BCUT2D eigenvalue weighted by Crippen LogP contribution is 2.35. The summed E-state index contributed by atoms with van der Waals surface area (Å²) in [5.41, 5.74) is 1.65. The number of aryl methyl sites for hydroxylation is 1. The topological polar surface area (TPSA) is 56.6 Å². The summed E-state index contributed by atoms with van der Waals surface area (Å²) in [5, 5.41) is 4.51. The summed E-state index contributed by atoms with van der Waals surface area (Å²) in [5.74, 6) is 1.54. The fourth-order valence-electron chi connectivity index (χ4n) is 3.47. The fraction of sp³-hybridized carbons (Fsp3) is 0.444. The van der Waals surface area contributed by atoms with Crippen LogP contribution < -0.4 is 9.47 Å². The minimum absolute atomic E-state index is 0.0120. The van der Waals surface area contributed by atoms with Crippen molar-refractivity contribution in [2.24, 2.45) is 7.05 Å². The van der Waals surface area contributed by atoms with Crippen LogP contribution in [0.25, 0.3) is 0 Å². The number of piperidine rings is 1. The predicted octanol–water partition coefficient (Wildman–Crippen LogP) is 2.21. The van der Waals surface area contributed by atoms with Crippen LogP contribution >= 0.6 is 0 Å². The van der Waals surface area contributed by atoms with Crippen LogP contribution in [0.2, 0.25) is 0 Å². The number of ether oxygens (including phenoxy) is 2. The third-order valence-corrected chi connectivity index (χ3v) is 4.66. The number of hydrogen-bond acceptors (Lipinski definition) is 4. The van der Waals surface area contributed by atoms with Gasteiger partial charge in [-0.15, -0.1) is 0 Å². The largest absolute Gasteiger partial charge is 0.486 e. The zero-order valence-electron chi connectivity index (χ0n) is 13.8. The molecule has 1 atom stereocenters. The normalized spacial score (nSPS) is 20.0. The zero-order chi connectivity index (χ0) is 16.5. The number of amides is 1.